The summed E-state index contributed by atoms with van der Waals surface area (Å²) in [6.45, 7) is -0.00197. The zero-order valence-electron chi connectivity index (χ0n) is 26.2. The summed E-state index contributed by atoms with van der Waals surface area (Å²) in [7, 11) is 0. The van der Waals surface area contributed by atoms with E-state index in [0.717, 1.165) is 77.8 Å². The molecule has 0 aliphatic carbocycles. The van der Waals surface area contributed by atoms with Crippen molar-refractivity contribution in [3.8, 4) is 23.0 Å². The average Bonchev–Trinajstić information content (AvgIpc) is 3.72. The van der Waals surface area contributed by atoms with Crippen molar-refractivity contribution >= 4 is 114 Å². The third-order valence-corrected chi connectivity index (χ3v) is 13.3. The van der Waals surface area contributed by atoms with Crippen LogP contribution < -0.4 is 42.3 Å². The summed E-state index contributed by atoms with van der Waals surface area (Å²) in [5, 5.41) is 4.38. The second kappa shape index (κ2) is 9.21. The van der Waals surface area contributed by atoms with Gasteiger partial charge in [-0.3, -0.25) is 0 Å². The van der Waals surface area contributed by atoms with E-state index in [0.29, 0.717) is 0 Å². The lowest BCUT2D eigenvalue weighted by Crippen LogP contribution is -2.61. The molecule has 4 nitrogen and oxygen atoms in total. The molecule has 0 bridgehead atoms. The molecule has 7 aromatic carbocycles. The molecule has 0 radical (unpaired) electrons. The van der Waals surface area contributed by atoms with Gasteiger partial charge >= 0.3 is 0 Å². The van der Waals surface area contributed by atoms with Crippen LogP contribution in [0.15, 0.2) is 150 Å². The molecule has 50 heavy (non-hydrogen) atoms. The van der Waals surface area contributed by atoms with Crippen molar-refractivity contribution in [1.29, 1.82) is 0 Å². The van der Waals surface area contributed by atoms with Crippen LogP contribution in [0, 0.1) is 0 Å². The molecule has 230 valence electrons. The molecule has 0 amide bonds. The van der Waals surface area contributed by atoms with E-state index < -0.39 is 0 Å². The molecular weight excluding hydrogens is 654 g/mol. The molecule has 0 N–H and O–H groups in total. The largest absolute Gasteiger partial charge is 0.458 e. The third-order valence-electron chi connectivity index (χ3n) is 10.9. The molecule has 0 saturated carbocycles. The molecule has 0 unspecified atom stereocenters. The van der Waals surface area contributed by atoms with E-state index in [-0.39, 0.29) is 13.4 Å². The van der Waals surface area contributed by atoms with Crippen molar-refractivity contribution in [2.24, 2.45) is 0 Å². The Morgan fingerprint density at radius 2 is 1.02 bits per heavy atom. The first kappa shape index (κ1) is 26.4. The van der Waals surface area contributed by atoms with E-state index in [2.05, 4.69) is 97.1 Å². The predicted molar refractivity (Wildman–Crippen MR) is 204 cm³/mol. The third kappa shape index (κ3) is 3.24. The van der Waals surface area contributed by atoms with Gasteiger partial charge in [0.25, 0.3) is 13.4 Å². The van der Waals surface area contributed by atoms with Gasteiger partial charge in [-0.2, -0.15) is 0 Å². The Bertz CT molecular complexity index is 3020. The molecule has 4 aliphatic heterocycles. The molecule has 13 rings (SSSR count). The summed E-state index contributed by atoms with van der Waals surface area (Å²) in [5.41, 5.74) is 10.8. The summed E-state index contributed by atoms with van der Waals surface area (Å²) in [6, 6.07) is 43.0. The van der Waals surface area contributed by atoms with Crippen LogP contribution in [-0.4, -0.2) is 13.4 Å². The topological polar surface area (TPSA) is 44.7 Å². The molecule has 0 saturated heterocycles. The smallest absolute Gasteiger partial charge is 0.253 e. The molecule has 4 aliphatic rings. The van der Waals surface area contributed by atoms with E-state index >= 15 is 0 Å². The molecule has 0 fully saturated rings. The molecule has 0 atom stereocenters. The van der Waals surface area contributed by atoms with Crippen LogP contribution in [0.25, 0.3) is 43.9 Å². The Hall–Kier alpha value is -5.43. The van der Waals surface area contributed by atoms with Gasteiger partial charge in [-0.1, -0.05) is 113 Å². The first-order chi connectivity index (χ1) is 24.8. The zero-order valence-corrected chi connectivity index (χ0v) is 27.8. The lowest BCUT2D eigenvalue weighted by Gasteiger charge is -2.36. The van der Waals surface area contributed by atoms with Crippen molar-refractivity contribution in [2.45, 2.75) is 19.6 Å². The van der Waals surface area contributed by atoms with Gasteiger partial charge in [0.1, 0.15) is 45.3 Å². The van der Waals surface area contributed by atoms with Crippen LogP contribution in [-0.2, 0) is 0 Å². The van der Waals surface area contributed by atoms with Crippen molar-refractivity contribution < 1.29 is 18.3 Å². The summed E-state index contributed by atoms with van der Waals surface area (Å²) in [4.78, 5) is 4.91. The molecular formula is C42H20B2O4S2. The fourth-order valence-corrected chi connectivity index (χ4v) is 11.4. The molecule has 9 aromatic rings. The van der Waals surface area contributed by atoms with E-state index in [4.69, 9.17) is 18.3 Å². The first-order valence-corrected chi connectivity index (χ1v) is 18.4. The number of hydrogen-bond acceptors (Lipinski definition) is 6. The van der Waals surface area contributed by atoms with Crippen molar-refractivity contribution in [3.05, 3.63) is 121 Å². The average molecular weight is 674 g/mol. The SMILES string of the molecule is c1ccc2c(c1)Sc1cc3oc4ccccc4c3c3c1B2c1cc2c(cc1O3)Oc1cc3oc4ccccc4c3c3c1B2c1ccccc1S3. The maximum Gasteiger partial charge on any atom is 0.253 e. The second-order valence-corrected chi connectivity index (χ2v) is 15.6. The number of fused-ring (bicyclic) bond motifs is 16. The van der Waals surface area contributed by atoms with Gasteiger partial charge in [-0.25, -0.2) is 0 Å². The summed E-state index contributed by atoms with van der Waals surface area (Å²) < 4.78 is 26.9. The molecule has 6 heterocycles. The highest BCUT2D eigenvalue weighted by molar-refractivity contribution is 8.00. The Labute approximate surface area is 294 Å². The minimum atomic E-state index is -0.000985. The summed E-state index contributed by atoms with van der Waals surface area (Å²) in [5.74, 6) is 3.35. The normalized spacial score (nSPS) is 14.5. The highest BCUT2D eigenvalue weighted by Crippen LogP contribution is 2.47. The van der Waals surface area contributed by atoms with Crippen molar-refractivity contribution in [2.75, 3.05) is 0 Å². The van der Waals surface area contributed by atoms with Gasteiger partial charge in [-0.15, -0.1) is 0 Å². The predicted octanol–water partition coefficient (Wildman–Crippen LogP) is 7.66. The summed E-state index contributed by atoms with van der Waals surface area (Å²) >= 11 is 3.63. The standard InChI is InChI=1S/C42H20B2O4S2/c1-5-13-27-21(9-1)37-32(46-27)20-36-40-41(37)48-30-18-29-25(17-26(30)44(40)23-11-3-7-15-34(23)49-36)43-24-12-4-8-16-35(24)50-42-38-22-10-2-6-14-28(22)45-31(38)19-33(47-29)39(42)43/h1-20H. The maximum absolute atomic E-state index is 7.08. The number of rotatable bonds is 0. The Morgan fingerprint density at radius 1 is 0.420 bits per heavy atom. The fourth-order valence-electron chi connectivity index (χ4n) is 8.88. The quantitative estimate of drug-likeness (QED) is 0.154. The lowest BCUT2D eigenvalue weighted by atomic mass is 9.32. The molecule has 0 spiro atoms. The number of furan rings is 2. The highest BCUT2D eigenvalue weighted by Gasteiger charge is 2.45. The van der Waals surface area contributed by atoms with Gasteiger partial charge in [-0.05, 0) is 52.2 Å². The first-order valence-electron chi connectivity index (χ1n) is 16.8. The van der Waals surface area contributed by atoms with E-state index in [1.807, 2.05) is 36.0 Å². The van der Waals surface area contributed by atoms with Crippen LogP contribution in [0.2, 0.25) is 0 Å². The van der Waals surface area contributed by atoms with E-state index in [9.17, 15) is 0 Å². The van der Waals surface area contributed by atoms with Crippen LogP contribution in [0.3, 0.4) is 0 Å². The van der Waals surface area contributed by atoms with Gasteiger partial charge in [0, 0.05) is 47.9 Å². The molecule has 2 aromatic heterocycles. The van der Waals surface area contributed by atoms with Crippen LogP contribution in [0.5, 0.6) is 23.0 Å². The Morgan fingerprint density at radius 3 is 1.78 bits per heavy atom. The van der Waals surface area contributed by atoms with Crippen molar-refractivity contribution in [1.82, 2.24) is 0 Å². The Kier molecular flexibility index (Phi) is 4.87. The van der Waals surface area contributed by atoms with E-state index in [1.54, 1.807) is 11.8 Å². The fraction of sp³-hybridized carbons (Fsp3) is 0. The number of para-hydroxylation sites is 2. The number of hydrogen-bond donors (Lipinski definition) is 0. The van der Waals surface area contributed by atoms with Crippen LogP contribution >= 0.6 is 23.5 Å². The Balaban J connectivity index is 1.11. The summed E-state index contributed by atoms with van der Waals surface area (Å²) in [6.07, 6.45) is 0. The minimum Gasteiger partial charge on any atom is -0.458 e. The lowest BCUT2D eigenvalue weighted by molar-refractivity contribution is 0.467. The van der Waals surface area contributed by atoms with Crippen LogP contribution in [0.4, 0.5) is 0 Å². The molecule has 8 heteroatoms. The second-order valence-electron chi connectivity index (χ2n) is 13.5. The van der Waals surface area contributed by atoms with Gasteiger partial charge in [0.2, 0.25) is 0 Å². The van der Waals surface area contributed by atoms with Gasteiger partial charge in [0.15, 0.2) is 0 Å². The number of benzene rings is 7. The number of ether oxygens (including phenoxy) is 2. The minimum absolute atomic E-state index is 0.000985. The van der Waals surface area contributed by atoms with E-state index in [1.165, 1.54) is 41.4 Å². The van der Waals surface area contributed by atoms with Gasteiger partial charge in [0.05, 0.1) is 5.39 Å². The highest BCUT2D eigenvalue weighted by atomic mass is 32.2. The van der Waals surface area contributed by atoms with Gasteiger partial charge < -0.3 is 18.3 Å². The monoisotopic (exact) mass is 674 g/mol. The van der Waals surface area contributed by atoms with Crippen LogP contribution in [0.1, 0.15) is 0 Å². The maximum atomic E-state index is 7.08. The van der Waals surface area contributed by atoms with Crippen molar-refractivity contribution in [3.63, 3.8) is 0 Å². The zero-order chi connectivity index (χ0) is 32.2.